The molecule has 0 saturated carbocycles. The molecule has 6 heterocycles. The number of aliphatic hydroxyl groups is 1. The predicted octanol–water partition coefficient (Wildman–Crippen LogP) is 3.70. The molecule has 0 aliphatic carbocycles. The quantitative estimate of drug-likeness (QED) is 0.400. The van der Waals surface area contributed by atoms with Crippen LogP contribution in [0.5, 0.6) is 0 Å². The van der Waals surface area contributed by atoms with Gasteiger partial charge in [0.1, 0.15) is 48.8 Å². The van der Waals surface area contributed by atoms with Gasteiger partial charge in [0.2, 0.25) is 0 Å². The summed E-state index contributed by atoms with van der Waals surface area (Å²) in [5.41, 5.74) is 0.320. The van der Waals surface area contributed by atoms with Gasteiger partial charge in [-0.25, -0.2) is 0 Å². The van der Waals surface area contributed by atoms with Crippen LogP contribution < -0.4 is 0 Å². The van der Waals surface area contributed by atoms with Gasteiger partial charge in [-0.2, -0.15) is 0 Å². The lowest BCUT2D eigenvalue weighted by Crippen LogP contribution is -2.46. The van der Waals surface area contributed by atoms with Gasteiger partial charge < -0.3 is 52.5 Å². The first-order valence-corrected chi connectivity index (χ1v) is 17.4. The van der Waals surface area contributed by atoms with E-state index in [1.54, 1.807) is 85.7 Å². The molecule has 6 aliphatic heterocycles. The number of aliphatic hydroxyl groups excluding tert-OH is 1. The molecule has 11 atom stereocenters. The standard InChI is InChI=1S/C31H45O14P/c1-28(2)34-14-17(38-28)19-21(23-26(36-19)42-30(5,6)40-23)44-46(33,25(32)16-12-10-9-11-13-16)45-22-20(18-15-35-29(3,4)39-18)37-27-24(22)41-31(7,8)43-27/h9-13,17-27,32H,14-15H2,1-8H3/t17?,18?,19-,20-,21+,22+,23-,24-,25+,26-,27-,46?/m0/s1. The maximum atomic E-state index is 15.4. The van der Waals surface area contributed by atoms with Crippen molar-refractivity contribution >= 4 is 7.60 Å². The molecule has 6 aliphatic rings. The zero-order valence-corrected chi connectivity index (χ0v) is 28.2. The lowest BCUT2D eigenvalue weighted by atomic mass is 10.1. The Morgan fingerprint density at radius 2 is 1.09 bits per heavy atom. The first kappa shape index (κ1) is 33.4. The molecule has 46 heavy (non-hydrogen) atoms. The minimum atomic E-state index is -4.60. The molecule has 15 heteroatoms. The van der Waals surface area contributed by atoms with Crippen LogP contribution >= 0.6 is 7.60 Å². The molecule has 0 radical (unpaired) electrons. The summed E-state index contributed by atoms with van der Waals surface area (Å²) in [6, 6.07) is 8.52. The SMILES string of the molecule is CC1(C)OCC([C@@H]2O[C@H]3OC(C)(C)O[C@H]3[C@@H]2OP(=O)(O[C@H]2[C@@H]3OC(C)(C)O[C@@H]3O[C@H]2C2COC(C)(C)O2)[C@@H](O)c2ccccc2)O1. The molecule has 258 valence electrons. The van der Waals surface area contributed by atoms with Gasteiger partial charge in [0, 0.05) is 0 Å². The predicted molar refractivity (Wildman–Crippen MR) is 156 cm³/mol. The number of hydrogen-bond acceptors (Lipinski definition) is 14. The average molecular weight is 673 g/mol. The second-order valence-corrected chi connectivity index (χ2v) is 16.3. The van der Waals surface area contributed by atoms with Crippen LogP contribution in [0, 0.1) is 0 Å². The topological polar surface area (TPSA) is 148 Å². The zero-order valence-electron chi connectivity index (χ0n) is 27.4. The molecular weight excluding hydrogens is 627 g/mol. The van der Waals surface area contributed by atoms with Crippen LogP contribution in [0.3, 0.4) is 0 Å². The van der Waals surface area contributed by atoms with Gasteiger partial charge in [0.05, 0.1) is 13.2 Å². The van der Waals surface area contributed by atoms with Crippen LogP contribution in [-0.4, -0.2) is 103 Å². The summed E-state index contributed by atoms with van der Waals surface area (Å²) in [5, 5.41) is 11.9. The minimum absolute atomic E-state index is 0.185. The summed E-state index contributed by atoms with van der Waals surface area (Å²) in [6.45, 7) is 14.5. The number of benzene rings is 1. The Hall–Kier alpha value is -1.07. The van der Waals surface area contributed by atoms with Crippen molar-refractivity contribution in [1.29, 1.82) is 0 Å². The van der Waals surface area contributed by atoms with E-state index in [0.717, 1.165) is 0 Å². The third-order valence-electron chi connectivity index (χ3n) is 8.78. The Bertz CT molecular complexity index is 1250. The number of rotatable bonds is 8. The van der Waals surface area contributed by atoms with Crippen molar-refractivity contribution in [2.75, 3.05) is 13.2 Å². The molecule has 0 spiro atoms. The van der Waals surface area contributed by atoms with E-state index in [1.807, 2.05) is 0 Å². The smallest absolute Gasteiger partial charge is 0.364 e. The van der Waals surface area contributed by atoms with Crippen molar-refractivity contribution in [2.24, 2.45) is 0 Å². The zero-order chi connectivity index (χ0) is 32.9. The lowest BCUT2D eigenvalue weighted by Gasteiger charge is -2.36. The summed E-state index contributed by atoms with van der Waals surface area (Å²) in [6.07, 6.45) is -8.39. The van der Waals surface area contributed by atoms with Gasteiger partial charge in [0.15, 0.2) is 41.6 Å². The fourth-order valence-electron chi connectivity index (χ4n) is 6.89. The molecule has 0 bridgehead atoms. The van der Waals surface area contributed by atoms with Crippen molar-refractivity contribution in [1.82, 2.24) is 0 Å². The summed E-state index contributed by atoms with van der Waals surface area (Å²) in [4.78, 5) is 0. The molecule has 1 aromatic carbocycles. The fraction of sp³-hybridized carbons (Fsp3) is 0.806. The van der Waals surface area contributed by atoms with Crippen molar-refractivity contribution in [3.05, 3.63) is 35.9 Å². The van der Waals surface area contributed by atoms with E-state index < -0.39 is 98.0 Å². The van der Waals surface area contributed by atoms with Gasteiger partial charge in [-0.1, -0.05) is 30.3 Å². The maximum Gasteiger partial charge on any atom is 0.364 e. The summed E-state index contributed by atoms with van der Waals surface area (Å²) in [7, 11) is -4.60. The monoisotopic (exact) mass is 672 g/mol. The van der Waals surface area contributed by atoms with E-state index in [1.165, 1.54) is 0 Å². The highest BCUT2D eigenvalue weighted by Crippen LogP contribution is 2.65. The number of fused-ring (bicyclic) bond motifs is 2. The molecule has 6 fully saturated rings. The summed E-state index contributed by atoms with van der Waals surface area (Å²) in [5.74, 6) is -5.50. The Labute approximate surface area is 268 Å². The largest absolute Gasteiger partial charge is 0.376 e. The van der Waals surface area contributed by atoms with Crippen molar-refractivity contribution in [3.8, 4) is 0 Å². The highest BCUT2D eigenvalue weighted by molar-refractivity contribution is 7.54. The van der Waals surface area contributed by atoms with Crippen molar-refractivity contribution in [2.45, 2.75) is 146 Å². The third-order valence-corrected chi connectivity index (χ3v) is 10.8. The van der Waals surface area contributed by atoms with Crippen LogP contribution in [0.25, 0.3) is 0 Å². The highest BCUT2D eigenvalue weighted by atomic mass is 31.2. The lowest BCUT2D eigenvalue weighted by molar-refractivity contribution is -0.234. The maximum absolute atomic E-state index is 15.4. The van der Waals surface area contributed by atoms with Gasteiger partial charge in [-0.15, -0.1) is 0 Å². The van der Waals surface area contributed by atoms with Crippen LogP contribution in [0.4, 0.5) is 0 Å². The summed E-state index contributed by atoms with van der Waals surface area (Å²) >= 11 is 0. The van der Waals surface area contributed by atoms with Crippen LogP contribution in [0.2, 0.25) is 0 Å². The van der Waals surface area contributed by atoms with Crippen LogP contribution in [-0.2, 0) is 61.0 Å². The second-order valence-electron chi connectivity index (χ2n) is 14.3. The Balaban J connectivity index is 1.25. The van der Waals surface area contributed by atoms with E-state index in [0.29, 0.717) is 5.56 Å². The Kier molecular flexibility index (Phi) is 8.35. The first-order chi connectivity index (χ1) is 21.4. The molecule has 7 rings (SSSR count). The molecule has 1 aromatic rings. The van der Waals surface area contributed by atoms with E-state index in [4.69, 9.17) is 56.4 Å². The average Bonchev–Trinajstić information content (AvgIpc) is 3.78. The minimum Gasteiger partial charge on any atom is -0.376 e. The van der Waals surface area contributed by atoms with E-state index in [9.17, 15) is 5.11 Å². The Morgan fingerprint density at radius 1 is 0.652 bits per heavy atom. The van der Waals surface area contributed by atoms with E-state index in [2.05, 4.69) is 0 Å². The molecule has 0 amide bonds. The Morgan fingerprint density at radius 3 is 1.48 bits per heavy atom. The number of hydrogen-bond donors (Lipinski definition) is 1. The van der Waals surface area contributed by atoms with E-state index in [-0.39, 0.29) is 13.2 Å². The fourth-order valence-corrected chi connectivity index (χ4v) is 8.86. The third kappa shape index (κ3) is 6.36. The van der Waals surface area contributed by atoms with Crippen LogP contribution in [0.1, 0.15) is 66.8 Å². The molecule has 14 nitrogen and oxygen atoms in total. The van der Waals surface area contributed by atoms with E-state index >= 15 is 4.57 Å². The highest BCUT2D eigenvalue weighted by Gasteiger charge is 2.64. The first-order valence-electron chi connectivity index (χ1n) is 15.8. The van der Waals surface area contributed by atoms with Gasteiger partial charge in [-0.05, 0) is 61.0 Å². The van der Waals surface area contributed by atoms with Gasteiger partial charge in [-0.3, -0.25) is 13.6 Å². The molecule has 1 N–H and O–H groups in total. The molecule has 0 aromatic heterocycles. The number of ether oxygens (including phenoxy) is 10. The molecular formula is C31H45O14P. The van der Waals surface area contributed by atoms with Gasteiger partial charge >= 0.3 is 7.60 Å². The molecule has 2 unspecified atom stereocenters. The van der Waals surface area contributed by atoms with Crippen LogP contribution in [0.15, 0.2) is 30.3 Å². The molecule has 6 saturated heterocycles. The van der Waals surface area contributed by atoms with Crippen molar-refractivity contribution < 1.29 is 66.1 Å². The summed E-state index contributed by atoms with van der Waals surface area (Å²) < 4.78 is 89.4. The second kappa shape index (κ2) is 11.5. The van der Waals surface area contributed by atoms with Crippen molar-refractivity contribution in [3.63, 3.8) is 0 Å². The normalized spacial score (nSPS) is 43.8. The van der Waals surface area contributed by atoms with Gasteiger partial charge in [0.25, 0.3) is 0 Å².